The van der Waals surface area contributed by atoms with Crippen LogP contribution in [0.15, 0.2) is 54.2 Å². The predicted octanol–water partition coefficient (Wildman–Crippen LogP) is 3.79. The van der Waals surface area contributed by atoms with Crippen molar-refractivity contribution in [2.45, 2.75) is 25.8 Å². The highest BCUT2D eigenvalue weighted by atomic mass is 32.1. The molecule has 9 heteroatoms. The van der Waals surface area contributed by atoms with Crippen LogP contribution in [-0.2, 0) is 6.54 Å². The van der Waals surface area contributed by atoms with Crippen LogP contribution in [0.5, 0.6) is 0 Å². The molecule has 1 saturated heterocycles. The van der Waals surface area contributed by atoms with Crippen molar-refractivity contribution in [1.82, 2.24) is 24.6 Å². The van der Waals surface area contributed by atoms with Gasteiger partial charge in [-0.1, -0.05) is 18.2 Å². The molecule has 1 aliphatic heterocycles. The predicted molar refractivity (Wildman–Crippen MR) is 123 cm³/mol. The van der Waals surface area contributed by atoms with Crippen LogP contribution in [0.1, 0.15) is 45.8 Å². The number of nitrogens with one attached hydrogen (secondary N) is 1. The molecule has 0 aliphatic carbocycles. The molecule has 1 N–H and O–H groups in total. The van der Waals surface area contributed by atoms with E-state index in [1.54, 1.807) is 16.9 Å². The van der Waals surface area contributed by atoms with Crippen LogP contribution in [-0.4, -0.2) is 49.6 Å². The molecule has 1 fully saturated rings. The number of anilines is 1. The van der Waals surface area contributed by atoms with Crippen LogP contribution in [0.2, 0.25) is 0 Å². The number of likely N-dealkylation sites (tertiary alicyclic amines) is 1. The van der Waals surface area contributed by atoms with Gasteiger partial charge in [-0.15, -0.1) is 11.3 Å². The molecule has 4 aromatic rings. The first-order valence-corrected chi connectivity index (χ1v) is 11.4. The number of amides is 2. The Bertz CT molecular complexity index is 1280. The number of carbonyl (C=O) groups is 2. The van der Waals surface area contributed by atoms with Gasteiger partial charge < -0.3 is 4.90 Å². The van der Waals surface area contributed by atoms with Gasteiger partial charge in [0, 0.05) is 54.4 Å². The smallest absolute Gasteiger partial charge is 0.274 e. The summed E-state index contributed by atoms with van der Waals surface area (Å²) in [6.45, 7) is 3.90. The molecule has 162 valence electrons. The number of fused-ring (bicyclic) bond motifs is 1. The van der Waals surface area contributed by atoms with Crippen molar-refractivity contribution in [2.75, 3.05) is 18.4 Å². The van der Waals surface area contributed by atoms with E-state index in [0.29, 0.717) is 29.5 Å². The molecular formula is C23H22N6O2S. The van der Waals surface area contributed by atoms with E-state index in [1.165, 1.54) is 11.3 Å². The second-order valence-corrected chi connectivity index (χ2v) is 8.59. The number of para-hydroxylation sites is 1. The molecule has 1 atom stereocenters. The fraction of sp³-hybridized carbons (Fsp3) is 0.261. The molecule has 0 bridgehead atoms. The number of pyridine rings is 1. The molecule has 0 saturated carbocycles. The van der Waals surface area contributed by atoms with Gasteiger partial charge in [0.05, 0.1) is 11.1 Å². The highest BCUT2D eigenvalue weighted by Gasteiger charge is 2.30. The summed E-state index contributed by atoms with van der Waals surface area (Å²) < 4.78 is 1.75. The van der Waals surface area contributed by atoms with E-state index in [1.807, 2.05) is 53.7 Å². The first-order valence-electron chi connectivity index (χ1n) is 10.6. The lowest BCUT2D eigenvalue weighted by atomic mass is 9.99. The van der Waals surface area contributed by atoms with Gasteiger partial charge in [-0.05, 0) is 31.5 Å². The molecule has 4 heterocycles. The summed E-state index contributed by atoms with van der Waals surface area (Å²) in [4.78, 5) is 36.7. The molecule has 8 nitrogen and oxygen atoms in total. The second kappa shape index (κ2) is 8.51. The van der Waals surface area contributed by atoms with Gasteiger partial charge in [0.25, 0.3) is 11.8 Å². The normalized spacial score (nSPS) is 15.9. The van der Waals surface area contributed by atoms with Crippen molar-refractivity contribution in [1.29, 1.82) is 0 Å². The molecule has 32 heavy (non-hydrogen) atoms. The van der Waals surface area contributed by atoms with E-state index >= 15 is 0 Å². The molecule has 1 aromatic carbocycles. The lowest BCUT2D eigenvalue weighted by Gasteiger charge is -2.16. The summed E-state index contributed by atoms with van der Waals surface area (Å²) in [5.41, 5.74) is 2.61. The zero-order valence-corrected chi connectivity index (χ0v) is 18.4. The summed E-state index contributed by atoms with van der Waals surface area (Å²) in [7, 11) is 0. The summed E-state index contributed by atoms with van der Waals surface area (Å²) in [6.07, 6.45) is 4.27. The van der Waals surface area contributed by atoms with Gasteiger partial charge in [0.1, 0.15) is 5.69 Å². The van der Waals surface area contributed by atoms with Crippen LogP contribution in [0.4, 0.5) is 5.13 Å². The SMILES string of the molecule is CCn1ccc(C(=O)N2CC[C@H](c3cc(C(=O)Nc4nccs4)c4ccccc4n3)C2)n1. The minimum absolute atomic E-state index is 0.0585. The number of hydrogen-bond donors (Lipinski definition) is 1. The van der Waals surface area contributed by atoms with Gasteiger partial charge in [0.2, 0.25) is 0 Å². The number of carbonyl (C=O) groups excluding carboxylic acids is 2. The molecule has 0 radical (unpaired) electrons. The lowest BCUT2D eigenvalue weighted by Crippen LogP contribution is -2.29. The standard InChI is InChI=1S/C23H22N6O2S/c1-2-29-11-8-19(27-29)22(31)28-10-7-15(14-28)20-13-17(16-5-3-4-6-18(16)25-20)21(30)26-23-24-9-12-32-23/h3-6,8-9,11-13,15H,2,7,10,14H2,1H3,(H,24,26,30)/t15-/m0/s1. The van der Waals surface area contributed by atoms with Crippen LogP contribution >= 0.6 is 11.3 Å². The Balaban J connectivity index is 1.41. The van der Waals surface area contributed by atoms with Crippen molar-refractivity contribution in [3.63, 3.8) is 0 Å². The average Bonchev–Trinajstić information content (AvgIpc) is 3.59. The quantitative estimate of drug-likeness (QED) is 0.503. The van der Waals surface area contributed by atoms with Crippen LogP contribution < -0.4 is 5.32 Å². The van der Waals surface area contributed by atoms with E-state index in [-0.39, 0.29) is 17.7 Å². The summed E-state index contributed by atoms with van der Waals surface area (Å²) in [6, 6.07) is 11.2. The van der Waals surface area contributed by atoms with E-state index < -0.39 is 0 Å². The topological polar surface area (TPSA) is 93.0 Å². The van der Waals surface area contributed by atoms with Gasteiger partial charge in [-0.2, -0.15) is 5.10 Å². The number of aromatic nitrogens is 4. The third kappa shape index (κ3) is 3.87. The maximum absolute atomic E-state index is 13.0. The van der Waals surface area contributed by atoms with Gasteiger partial charge in [-0.3, -0.25) is 24.6 Å². The highest BCUT2D eigenvalue weighted by Crippen LogP contribution is 2.30. The minimum Gasteiger partial charge on any atom is -0.337 e. The van der Waals surface area contributed by atoms with E-state index in [2.05, 4.69) is 15.4 Å². The average molecular weight is 447 g/mol. The molecule has 5 rings (SSSR count). The third-order valence-corrected chi connectivity index (χ3v) is 6.40. The number of aryl methyl sites for hydroxylation is 1. The molecule has 0 unspecified atom stereocenters. The first-order chi connectivity index (χ1) is 15.6. The molecule has 3 aromatic heterocycles. The Hall–Kier alpha value is -3.59. The van der Waals surface area contributed by atoms with Crippen molar-refractivity contribution < 1.29 is 9.59 Å². The monoisotopic (exact) mass is 446 g/mol. The van der Waals surface area contributed by atoms with E-state index in [9.17, 15) is 9.59 Å². The Morgan fingerprint density at radius 3 is 2.91 bits per heavy atom. The Labute approximate surface area is 188 Å². The number of hydrogen-bond acceptors (Lipinski definition) is 6. The van der Waals surface area contributed by atoms with E-state index in [4.69, 9.17) is 4.98 Å². The zero-order chi connectivity index (χ0) is 22.1. The fourth-order valence-electron chi connectivity index (χ4n) is 4.04. The van der Waals surface area contributed by atoms with Gasteiger partial charge in [0.15, 0.2) is 5.13 Å². The maximum atomic E-state index is 13.0. The summed E-state index contributed by atoms with van der Waals surface area (Å²) in [5, 5.41) is 10.4. The van der Waals surface area contributed by atoms with Crippen LogP contribution in [0.25, 0.3) is 10.9 Å². The molecular weight excluding hydrogens is 424 g/mol. The lowest BCUT2D eigenvalue weighted by molar-refractivity contribution is 0.0783. The van der Waals surface area contributed by atoms with Crippen molar-refractivity contribution >= 4 is 39.2 Å². The van der Waals surface area contributed by atoms with Crippen molar-refractivity contribution in [3.05, 3.63) is 71.1 Å². The second-order valence-electron chi connectivity index (χ2n) is 7.70. The maximum Gasteiger partial charge on any atom is 0.274 e. The van der Waals surface area contributed by atoms with Gasteiger partial charge >= 0.3 is 0 Å². The Morgan fingerprint density at radius 1 is 1.25 bits per heavy atom. The molecule has 2 amide bonds. The Morgan fingerprint density at radius 2 is 2.12 bits per heavy atom. The molecule has 0 spiro atoms. The summed E-state index contributed by atoms with van der Waals surface area (Å²) >= 11 is 1.38. The number of nitrogens with zero attached hydrogens (tertiary/aromatic N) is 5. The zero-order valence-electron chi connectivity index (χ0n) is 17.6. The number of benzene rings is 1. The van der Waals surface area contributed by atoms with Crippen molar-refractivity contribution in [2.24, 2.45) is 0 Å². The largest absolute Gasteiger partial charge is 0.337 e. The Kier molecular flexibility index (Phi) is 5.40. The first kappa shape index (κ1) is 20.3. The summed E-state index contributed by atoms with van der Waals surface area (Å²) in [5.74, 6) is -0.221. The van der Waals surface area contributed by atoms with E-state index in [0.717, 1.165) is 29.6 Å². The van der Waals surface area contributed by atoms with Crippen LogP contribution in [0, 0.1) is 0 Å². The molecule has 1 aliphatic rings. The third-order valence-electron chi connectivity index (χ3n) is 5.71. The number of rotatable bonds is 5. The van der Waals surface area contributed by atoms with Gasteiger partial charge in [-0.25, -0.2) is 4.98 Å². The fourth-order valence-corrected chi connectivity index (χ4v) is 4.57. The minimum atomic E-state index is -0.212. The van der Waals surface area contributed by atoms with Crippen LogP contribution in [0.3, 0.4) is 0 Å². The van der Waals surface area contributed by atoms with Crippen molar-refractivity contribution in [3.8, 4) is 0 Å². The number of thiazole rings is 1. The highest BCUT2D eigenvalue weighted by molar-refractivity contribution is 7.13.